The van der Waals surface area contributed by atoms with Crippen LogP contribution in [0.4, 0.5) is 0 Å². The number of aryl methyl sites for hydroxylation is 3. The van der Waals surface area contributed by atoms with E-state index >= 15 is 0 Å². The summed E-state index contributed by atoms with van der Waals surface area (Å²) in [7, 11) is 0. The third-order valence-electron chi connectivity index (χ3n) is 8.06. The van der Waals surface area contributed by atoms with E-state index in [1.54, 1.807) is 0 Å². The maximum Gasteiger partial charge on any atom is 0.126 e. The van der Waals surface area contributed by atoms with E-state index in [-0.39, 0.29) is 24.7 Å². The van der Waals surface area contributed by atoms with Gasteiger partial charge in [0.2, 0.25) is 0 Å². The zero-order chi connectivity index (χ0) is 30.2. The van der Waals surface area contributed by atoms with Gasteiger partial charge in [0, 0.05) is 41.9 Å². The lowest BCUT2D eigenvalue weighted by Crippen LogP contribution is -2.27. The topological polar surface area (TPSA) is 88.4 Å². The fourth-order valence-corrected chi connectivity index (χ4v) is 5.42. The SMILES string of the molecule is CCOCc1cc([C@@](C)(c2cc(CC)c(O)c(CC)c2)c2cc(COCC)c(O)c(COCC)c2)cc(CC)c1O. The predicted octanol–water partition coefficient (Wildman–Crippen LogP) is 7.45. The molecule has 0 saturated carbocycles. The number of aromatic hydroxyl groups is 3. The summed E-state index contributed by atoms with van der Waals surface area (Å²) in [5.41, 5.74) is 7.01. The van der Waals surface area contributed by atoms with Gasteiger partial charge in [-0.2, -0.15) is 0 Å². The lowest BCUT2D eigenvalue weighted by Gasteiger charge is -2.35. The monoisotopic (exact) mass is 564 g/mol. The zero-order valence-electron chi connectivity index (χ0n) is 25.9. The molecule has 3 aromatic carbocycles. The van der Waals surface area contributed by atoms with Crippen LogP contribution < -0.4 is 0 Å². The van der Waals surface area contributed by atoms with Crippen molar-refractivity contribution in [3.63, 3.8) is 0 Å². The molecule has 3 rings (SSSR count). The molecule has 6 heteroatoms. The molecular formula is C35H48O6. The van der Waals surface area contributed by atoms with Gasteiger partial charge in [-0.05, 0) is 98.5 Å². The summed E-state index contributed by atoms with van der Waals surface area (Å²) in [6.07, 6.45) is 2.04. The Hall–Kier alpha value is -3.06. The largest absolute Gasteiger partial charge is 0.507 e. The Morgan fingerprint density at radius 3 is 0.976 bits per heavy atom. The smallest absolute Gasteiger partial charge is 0.126 e. The van der Waals surface area contributed by atoms with E-state index in [9.17, 15) is 15.3 Å². The Labute approximate surface area is 245 Å². The molecule has 224 valence electrons. The molecule has 0 unspecified atom stereocenters. The highest BCUT2D eigenvalue weighted by atomic mass is 16.5. The molecule has 0 saturated heterocycles. The van der Waals surface area contributed by atoms with Gasteiger partial charge in [-0.25, -0.2) is 0 Å². The molecule has 0 bridgehead atoms. The Kier molecular flexibility index (Phi) is 11.6. The van der Waals surface area contributed by atoms with Gasteiger partial charge < -0.3 is 29.5 Å². The number of hydrogen-bond acceptors (Lipinski definition) is 6. The van der Waals surface area contributed by atoms with E-state index < -0.39 is 5.41 Å². The van der Waals surface area contributed by atoms with Crippen molar-refractivity contribution in [3.8, 4) is 17.2 Å². The van der Waals surface area contributed by atoms with E-state index in [0.717, 1.165) is 38.9 Å². The minimum absolute atomic E-state index is 0.184. The average molecular weight is 565 g/mol. The van der Waals surface area contributed by atoms with Crippen LogP contribution in [0.25, 0.3) is 0 Å². The molecule has 1 atom stereocenters. The molecule has 0 heterocycles. The van der Waals surface area contributed by atoms with Crippen LogP contribution in [0.15, 0.2) is 36.4 Å². The van der Waals surface area contributed by atoms with Gasteiger partial charge in [-0.15, -0.1) is 0 Å². The van der Waals surface area contributed by atoms with Crippen LogP contribution in [0.1, 0.15) is 98.5 Å². The highest BCUT2D eigenvalue weighted by molar-refractivity contribution is 5.59. The number of phenols is 3. The zero-order valence-corrected chi connectivity index (χ0v) is 25.9. The van der Waals surface area contributed by atoms with Gasteiger partial charge in [-0.1, -0.05) is 39.0 Å². The van der Waals surface area contributed by atoms with Gasteiger partial charge in [0.15, 0.2) is 0 Å². The van der Waals surface area contributed by atoms with Gasteiger partial charge in [0.1, 0.15) is 17.2 Å². The molecule has 0 fully saturated rings. The normalized spacial score (nSPS) is 13.0. The highest BCUT2D eigenvalue weighted by Crippen LogP contribution is 2.45. The predicted molar refractivity (Wildman–Crippen MR) is 164 cm³/mol. The first-order valence-electron chi connectivity index (χ1n) is 15.0. The lowest BCUT2D eigenvalue weighted by molar-refractivity contribution is 0.126. The molecule has 0 spiro atoms. The first-order chi connectivity index (χ1) is 19.7. The van der Waals surface area contributed by atoms with Crippen molar-refractivity contribution in [2.24, 2.45) is 0 Å². The van der Waals surface area contributed by atoms with Crippen LogP contribution in [0.3, 0.4) is 0 Å². The molecule has 3 aromatic rings. The highest BCUT2D eigenvalue weighted by Gasteiger charge is 2.35. The number of rotatable bonds is 15. The molecule has 3 N–H and O–H groups in total. The minimum atomic E-state index is -0.713. The van der Waals surface area contributed by atoms with Crippen molar-refractivity contribution in [2.75, 3.05) is 19.8 Å². The minimum Gasteiger partial charge on any atom is -0.507 e. The Morgan fingerprint density at radius 1 is 0.463 bits per heavy atom. The first-order valence-corrected chi connectivity index (χ1v) is 15.0. The molecule has 0 aliphatic heterocycles. The van der Waals surface area contributed by atoms with Gasteiger partial charge >= 0.3 is 0 Å². The summed E-state index contributed by atoms with van der Waals surface area (Å²) in [5.74, 6) is 0.795. The van der Waals surface area contributed by atoms with E-state index in [2.05, 4.69) is 25.1 Å². The van der Waals surface area contributed by atoms with E-state index in [4.69, 9.17) is 14.2 Å². The van der Waals surface area contributed by atoms with Crippen LogP contribution >= 0.6 is 0 Å². The summed E-state index contributed by atoms with van der Waals surface area (Å²) >= 11 is 0. The van der Waals surface area contributed by atoms with E-state index in [0.29, 0.717) is 62.6 Å². The molecule has 41 heavy (non-hydrogen) atoms. The summed E-state index contributed by atoms with van der Waals surface area (Å²) in [6, 6.07) is 12.3. The third-order valence-corrected chi connectivity index (χ3v) is 8.06. The summed E-state index contributed by atoms with van der Waals surface area (Å²) < 4.78 is 17.3. The quantitative estimate of drug-likeness (QED) is 0.166. The summed E-state index contributed by atoms with van der Waals surface area (Å²) in [4.78, 5) is 0. The standard InChI is InChI=1S/C35H48O6/c1-8-23-14-29(15-24(9-2)32(23)36)35(7,30-16-25(10-3)33(37)26(17-30)20-39-11-4)31-18-27(21-40-12-5)34(38)28(19-31)22-41-13-6/h14-19,36-38H,8-13,20-22H2,1-7H3/t35-/m1/s1. The molecule has 0 radical (unpaired) electrons. The summed E-state index contributed by atoms with van der Waals surface area (Å²) in [6.45, 7) is 16.6. The van der Waals surface area contributed by atoms with Crippen molar-refractivity contribution >= 4 is 0 Å². The molecule has 6 nitrogen and oxygen atoms in total. The van der Waals surface area contributed by atoms with Crippen molar-refractivity contribution < 1.29 is 29.5 Å². The second-order valence-electron chi connectivity index (χ2n) is 10.5. The maximum atomic E-state index is 11.2. The molecule has 0 aliphatic carbocycles. The number of phenolic OH excluding ortho intramolecular Hbond substituents is 3. The lowest BCUT2D eigenvalue weighted by atomic mass is 9.68. The van der Waals surface area contributed by atoms with Crippen LogP contribution in [-0.2, 0) is 58.7 Å². The number of benzene rings is 3. The van der Waals surface area contributed by atoms with Crippen molar-refractivity contribution in [2.45, 2.75) is 93.0 Å². The molecule has 0 aliphatic rings. The van der Waals surface area contributed by atoms with Crippen LogP contribution in [0, 0.1) is 0 Å². The van der Waals surface area contributed by atoms with Gasteiger partial charge in [0.25, 0.3) is 0 Å². The number of ether oxygens (including phenoxy) is 3. The van der Waals surface area contributed by atoms with Crippen LogP contribution in [0.5, 0.6) is 17.2 Å². The van der Waals surface area contributed by atoms with Crippen LogP contribution in [0.2, 0.25) is 0 Å². The second kappa shape index (κ2) is 14.7. The molecule has 0 aromatic heterocycles. The Balaban J connectivity index is 2.46. The number of hydrogen-bond donors (Lipinski definition) is 3. The Bertz CT molecular complexity index is 1260. The van der Waals surface area contributed by atoms with Gasteiger partial charge in [-0.3, -0.25) is 0 Å². The Morgan fingerprint density at radius 2 is 0.707 bits per heavy atom. The second-order valence-corrected chi connectivity index (χ2v) is 10.5. The first kappa shape index (κ1) is 32.5. The third kappa shape index (κ3) is 6.88. The molecular weight excluding hydrogens is 516 g/mol. The van der Waals surface area contributed by atoms with E-state index in [1.165, 1.54) is 0 Å². The van der Waals surface area contributed by atoms with Crippen LogP contribution in [-0.4, -0.2) is 35.1 Å². The fourth-order valence-electron chi connectivity index (χ4n) is 5.42. The molecule has 0 amide bonds. The van der Waals surface area contributed by atoms with E-state index in [1.807, 2.05) is 59.7 Å². The summed E-state index contributed by atoms with van der Waals surface area (Å²) in [5, 5.41) is 33.3. The van der Waals surface area contributed by atoms with Gasteiger partial charge in [0.05, 0.1) is 19.8 Å². The van der Waals surface area contributed by atoms with Crippen molar-refractivity contribution in [1.82, 2.24) is 0 Å². The van der Waals surface area contributed by atoms with Crippen molar-refractivity contribution in [3.05, 3.63) is 86.5 Å². The maximum absolute atomic E-state index is 11.2. The fraction of sp³-hybridized carbons (Fsp3) is 0.486. The van der Waals surface area contributed by atoms with Crippen molar-refractivity contribution in [1.29, 1.82) is 0 Å². The average Bonchev–Trinajstić information content (AvgIpc) is 2.98.